The van der Waals surface area contributed by atoms with Crippen molar-refractivity contribution >= 4 is 27.5 Å². The molecule has 2 heterocycles. The molecule has 6 heteroatoms. The molecule has 0 atom stereocenters. The molecular formula is C22H20FN3OS. The van der Waals surface area contributed by atoms with Gasteiger partial charge in [0.2, 0.25) is 0 Å². The maximum atomic E-state index is 13.2. The monoisotopic (exact) mass is 393 g/mol. The largest absolute Gasteiger partial charge is 0.337 e. The van der Waals surface area contributed by atoms with Crippen molar-refractivity contribution in [2.75, 3.05) is 7.05 Å². The van der Waals surface area contributed by atoms with Gasteiger partial charge >= 0.3 is 0 Å². The summed E-state index contributed by atoms with van der Waals surface area (Å²) in [6, 6.07) is 16.3. The van der Waals surface area contributed by atoms with Crippen LogP contribution in [0.1, 0.15) is 26.5 Å². The zero-order chi connectivity index (χ0) is 19.8. The second kappa shape index (κ2) is 7.20. The normalized spacial score (nSPS) is 11.1. The highest BCUT2D eigenvalue weighted by atomic mass is 32.1. The summed E-state index contributed by atoms with van der Waals surface area (Å²) in [5.74, 6) is -0.310. The fraction of sp³-hybridized carbons (Fsp3) is 0.182. The Bertz CT molecular complexity index is 1140. The first-order valence-corrected chi connectivity index (χ1v) is 9.80. The van der Waals surface area contributed by atoms with Crippen LogP contribution in [0.3, 0.4) is 0 Å². The lowest BCUT2D eigenvalue weighted by molar-refractivity contribution is 0.0790. The van der Waals surface area contributed by atoms with Crippen LogP contribution in [0.5, 0.6) is 0 Å². The molecule has 0 spiro atoms. The topological polar surface area (TPSA) is 38.1 Å². The molecule has 0 fully saturated rings. The van der Waals surface area contributed by atoms with Crippen molar-refractivity contribution in [3.63, 3.8) is 0 Å². The summed E-state index contributed by atoms with van der Waals surface area (Å²) in [6.45, 7) is 4.51. The van der Waals surface area contributed by atoms with Crippen LogP contribution in [0.15, 0.2) is 54.6 Å². The van der Waals surface area contributed by atoms with Crippen molar-refractivity contribution in [3.8, 4) is 5.69 Å². The fourth-order valence-electron chi connectivity index (χ4n) is 3.14. The summed E-state index contributed by atoms with van der Waals surface area (Å²) < 4.78 is 15.0. The van der Waals surface area contributed by atoms with E-state index in [1.807, 2.05) is 51.2 Å². The summed E-state index contributed by atoms with van der Waals surface area (Å²) in [6.07, 6.45) is 0. The van der Waals surface area contributed by atoms with E-state index in [1.54, 1.807) is 21.7 Å². The Morgan fingerprint density at radius 3 is 2.46 bits per heavy atom. The minimum Gasteiger partial charge on any atom is -0.337 e. The predicted octanol–water partition coefficient (Wildman–Crippen LogP) is 5.12. The van der Waals surface area contributed by atoms with Crippen LogP contribution in [0, 0.1) is 19.7 Å². The van der Waals surface area contributed by atoms with Crippen molar-refractivity contribution < 1.29 is 9.18 Å². The molecule has 2 aromatic carbocycles. The van der Waals surface area contributed by atoms with Gasteiger partial charge in [-0.2, -0.15) is 5.10 Å². The summed E-state index contributed by atoms with van der Waals surface area (Å²) in [4.78, 5) is 16.2. The Labute approximate surface area is 166 Å². The van der Waals surface area contributed by atoms with Crippen molar-refractivity contribution in [1.82, 2.24) is 14.7 Å². The molecule has 142 valence electrons. The van der Waals surface area contributed by atoms with Crippen LogP contribution in [-0.2, 0) is 6.54 Å². The molecule has 0 bridgehead atoms. The van der Waals surface area contributed by atoms with E-state index in [4.69, 9.17) is 0 Å². The number of rotatable bonds is 4. The zero-order valence-electron chi connectivity index (χ0n) is 15.9. The van der Waals surface area contributed by atoms with Crippen molar-refractivity contribution in [2.24, 2.45) is 0 Å². The van der Waals surface area contributed by atoms with Crippen LogP contribution >= 0.6 is 11.3 Å². The summed E-state index contributed by atoms with van der Waals surface area (Å²) in [5.41, 5.74) is 3.91. The molecule has 4 nitrogen and oxygen atoms in total. The Morgan fingerprint density at radius 2 is 1.79 bits per heavy atom. The molecule has 0 unspecified atom stereocenters. The van der Waals surface area contributed by atoms with E-state index in [9.17, 15) is 9.18 Å². The third kappa shape index (κ3) is 3.43. The average molecular weight is 393 g/mol. The van der Waals surface area contributed by atoms with Gasteiger partial charge < -0.3 is 4.90 Å². The molecular weight excluding hydrogens is 373 g/mol. The van der Waals surface area contributed by atoms with Gasteiger partial charge in [0.25, 0.3) is 5.91 Å². The van der Waals surface area contributed by atoms with Gasteiger partial charge in [0.05, 0.1) is 16.3 Å². The molecule has 0 saturated heterocycles. The summed E-state index contributed by atoms with van der Waals surface area (Å²) in [5, 5.41) is 5.50. The highest BCUT2D eigenvalue weighted by Gasteiger charge is 2.19. The number of nitrogens with zero attached hydrogens (tertiary/aromatic N) is 3. The van der Waals surface area contributed by atoms with Gasteiger partial charge in [-0.3, -0.25) is 4.79 Å². The van der Waals surface area contributed by atoms with Crippen molar-refractivity contribution in [1.29, 1.82) is 0 Å². The van der Waals surface area contributed by atoms with Gasteiger partial charge in [0.15, 0.2) is 0 Å². The molecule has 0 aliphatic carbocycles. The maximum absolute atomic E-state index is 13.2. The minimum atomic E-state index is -0.288. The average Bonchev–Trinajstić information content (AvgIpc) is 3.24. The maximum Gasteiger partial charge on any atom is 0.264 e. The van der Waals surface area contributed by atoms with E-state index in [0.29, 0.717) is 11.4 Å². The van der Waals surface area contributed by atoms with E-state index in [2.05, 4.69) is 5.10 Å². The Hall–Kier alpha value is -2.99. The number of hydrogen-bond donors (Lipinski definition) is 0. The quantitative estimate of drug-likeness (QED) is 0.483. The molecule has 0 radical (unpaired) electrons. The lowest BCUT2D eigenvalue weighted by Gasteiger charge is -2.16. The van der Waals surface area contributed by atoms with E-state index < -0.39 is 0 Å². The molecule has 1 amide bonds. The van der Waals surface area contributed by atoms with Crippen molar-refractivity contribution in [3.05, 3.63) is 82.1 Å². The first-order valence-electron chi connectivity index (χ1n) is 8.98. The zero-order valence-corrected chi connectivity index (χ0v) is 16.8. The molecule has 0 aliphatic heterocycles. The number of fused-ring (bicyclic) bond motifs is 1. The van der Waals surface area contributed by atoms with E-state index >= 15 is 0 Å². The predicted molar refractivity (Wildman–Crippen MR) is 111 cm³/mol. The Balaban J connectivity index is 1.63. The number of carbonyl (C=O) groups is 1. The van der Waals surface area contributed by atoms with Gasteiger partial charge in [0, 0.05) is 19.0 Å². The lowest BCUT2D eigenvalue weighted by Crippen LogP contribution is -2.25. The molecule has 4 rings (SSSR count). The van der Waals surface area contributed by atoms with Gasteiger partial charge in [0.1, 0.15) is 10.6 Å². The number of hydrogen-bond acceptors (Lipinski definition) is 3. The van der Waals surface area contributed by atoms with Crippen molar-refractivity contribution in [2.45, 2.75) is 20.4 Å². The SMILES string of the molecule is Cc1ccc(CN(C)C(=O)c2cc3c(C)nn(-c4ccc(F)cc4)c3s2)cc1. The first-order chi connectivity index (χ1) is 13.4. The fourth-order valence-corrected chi connectivity index (χ4v) is 4.31. The summed E-state index contributed by atoms with van der Waals surface area (Å²) >= 11 is 1.41. The highest BCUT2D eigenvalue weighted by Crippen LogP contribution is 2.31. The van der Waals surface area contributed by atoms with Crippen LogP contribution in [0.4, 0.5) is 4.39 Å². The minimum absolute atomic E-state index is 0.0215. The highest BCUT2D eigenvalue weighted by molar-refractivity contribution is 7.20. The standard InChI is InChI=1S/C22H20FN3OS/c1-14-4-6-16(7-5-14)13-25(3)21(27)20-12-19-15(2)24-26(22(19)28-20)18-10-8-17(23)9-11-18/h4-12H,13H2,1-3H3. The first kappa shape index (κ1) is 18.4. The second-order valence-corrected chi connectivity index (χ2v) is 7.98. The molecule has 2 aromatic heterocycles. The van der Waals surface area contributed by atoms with Crippen LogP contribution in [0.2, 0.25) is 0 Å². The molecule has 4 aromatic rings. The molecule has 0 aliphatic rings. The Morgan fingerprint density at radius 1 is 1.11 bits per heavy atom. The third-order valence-corrected chi connectivity index (χ3v) is 5.81. The van der Waals surface area contributed by atoms with E-state index in [1.165, 1.54) is 29.0 Å². The van der Waals surface area contributed by atoms with Gasteiger partial charge in [-0.1, -0.05) is 29.8 Å². The van der Waals surface area contributed by atoms with Gasteiger partial charge in [-0.25, -0.2) is 9.07 Å². The number of aryl methyl sites for hydroxylation is 2. The number of amides is 1. The molecule has 0 N–H and O–H groups in total. The smallest absolute Gasteiger partial charge is 0.264 e. The van der Waals surface area contributed by atoms with E-state index in [-0.39, 0.29) is 11.7 Å². The van der Waals surface area contributed by atoms with Crippen LogP contribution < -0.4 is 0 Å². The van der Waals surface area contributed by atoms with Gasteiger partial charge in [-0.05, 0) is 49.7 Å². The third-order valence-electron chi connectivity index (χ3n) is 4.71. The molecule has 0 saturated carbocycles. The lowest BCUT2D eigenvalue weighted by atomic mass is 10.1. The number of carbonyl (C=O) groups excluding carboxylic acids is 1. The number of thiophene rings is 1. The summed E-state index contributed by atoms with van der Waals surface area (Å²) in [7, 11) is 1.81. The number of benzene rings is 2. The van der Waals surface area contributed by atoms with Gasteiger partial charge in [-0.15, -0.1) is 11.3 Å². The van der Waals surface area contributed by atoms with E-state index in [0.717, 1.165) is 27.2 Å². The number of aromatic nitrogens is 2. The van der Waals surface area contributed by atoms with Crippen LogP contribution in [0.25, 0.3) is 15.9 Å². The molecule has 28 heavy (non-hydrogen) atoms. The van der Waals surface area contributed by atoms with Crippen LogP contribution in [-0.4, -0.2) is 27.6 Å². The Kier molecular flexibility index (Phi) is 4.73. The second-order valence-electron chi connectivity index (χ2n) is 6.95. The number of halogens is 1.